The molecule has 0 saturated heterocycles. The highest BCUT2D eigenvalue weighted by Gasteiger charge is 2.16. The molecule has 0 aliphatic carbocycles. The van der Waals surface area contributed by atoms with Crippen molar-refractivity contribution in [1.82, 2.24) is 0 Å². The molecule has 0 fully saturated rings. The third-order valence-corrected chi connectivity index (χ3v) is 2.28. The van der Waals surface area contributed by atoms with Crippen LogP contribution in [-0.4, -0.2) is 16.8 Å². The summed E-state index contributed by atoms with van der Waals surface area (Å²) in [5, 5.41) is 12.7. The number of primary amides is 1. The Bertz CT molecular complexity index is 589. The van der Waals surface area contributed by atoms with Gasteiger partial charge in [0.25, 0.3) is 5.91 Å². The lowest BCUT2D eigenvalue weighted by Gasteiger charge is -1.92. The smallest absolute Gasteiger partial charge is 0.274 e. The maximum absolute atomic E-state index is 10.9. The minimum absolute atomic E-state index is 0.104. The van der Waals surface area contributed by atoms with E-state index in [2.05, 4.69) is 5.16 Å². The van der Waals surface area contributed by atoms with Crippen LogP contribution in [0.25, 0.3) is 11.0 Å². The lowest BCUT2D eigenvalue weighted by Crippen LogP contribution is -2.23. The molecule has 2 aromatic rings. The number of nitrogens with two attached hydrogens (primary N) is 1. The number of oxime groups is 1. The Kier molecular flexibility index (Phi) is 2.54. The van der Waals surface area contributed by atoms with Gasteiger partial charge >= 0.3 is 0 Å². The Balaban J connectivity index is 2.59. The van der Waals surface area contributed by atoms with Crippen molar-refractivity contribution in [3.8, 4) is 0 Å². The van der Waals surface area contributed by atoms with E-state index in [1.807, 2.05) is 0 Å². The molecule has 1 heterocycles. The number of carbonyl (C=O) groups is 1. The molecule has 0 aliphatic heterocycles. The maximum atomic E-state index is 10.9. The number of benzene rings is 1. The van der Waals surface area contributed by atoms with Gasteiger partial charge in [-0.15, -0.1) is 0 Å². The van der Waals surface area contributed by atoms with Crippen molar-refractivity contribution in [2.75, 3.05) is 0 Å². The molecule has 1 aromatic heterocycles. The van der Waals surface area contributed by atoms with Crippen LogP contribution in [0.5, 0.6) is 0 Å². The molecule has 1 aromatic carbocycles. The van der Waals surface area contributed by atoms with E-state index >= 15 is 0 Å². The van der Waals surface area contributed by atoms with Gasteiger partial charge in [-0.25, -0.2) is 0 Å². The molecule has 0 radical (unpaired) electrons. The Labute approximate surface area is 95.1 Å². The standard InChI is InChI=1S/C10H7ClN2O3/c11-6-1-2-7-5(3-6)4-8(16-7)9(13-15)10(12)14/h1-4,15H,(H2,12,14)/b13-9+. The van der Waals surface area contributed by atoms with E-state index in [0.29, 0.717) is 16.0 Å². The van der Waals surface area contributed by atoms with Crippen molar-refractivity contribution in [2.24, 2.45) is 10.9 Å². The quantitative estimate of drug-likeness (QED) is 0.475. The van der Waals surface area contributed by atoms with Crippen molar-refractivity contribution in [3.05, 3.63) is 35.0 Å². The highest BCUT2D eigenvalue weighted by molar-refractivity contribution is 6.44. The monoisotopic (exact) mass is 238 g/mol. The fourth-order valence-corrected chi connectivity index (χ4v) is 1.53. The topological polar surface area (TPSA) is 88.8 Å². The van der Waals surface area contributed by atoms with Gasteiger partial charge in [0.1, 0.15) is 5.58 Å². The van der Waals surface area contributed by atoms with Gasteiger partial charge in [-0.1, -0.05) is 16.8 Å². The second-order valence-electron chi connectivity index (χ2n) is 3.11. The molecule has 16 heavy (non-hydrogen) atoms. The van der Waals surface area contributed by atoms with Crippen molar-refractivity contribution < 1.29 is 14.4 Å². The summed E-state index contributed by atoms with van der Waals surface area (Å²) in [6.07, 6.45) is 0. The summed E-state index contributed by atoms with van der Waals surface area (Å²) in [6.45, 7) is 0. The zero-order valence-corrected chi connectivity index (χ0v) is 8.73. The second kappa shape index (κ2) is 3.86. The number of halogens is 1. The number of hydrogen-bond donors (Lipinski definition) is 2. The van der Waals surface area contributed by atoms with E-state index in [4.69, 9.17) is 27.0 Å². The van der Waals surface area contributed by atoms with Gasteiger partial charge in [-0.05, 0) is 24.3 Å². The predicted molar refractivity (Wildman–Crippen MR) is 58.7 cm³/mol. The van der Waals surface area contributed by atoms with Crippen LogP contribution in [0.1, 0.15) is 5.76 Å². The van der Waals surface area contributed by atoms with Crippen LogP contribution in [-0.2, 0) is 4.79 Å². The number of hydrogen-bond acceptors (Lipinski definition) is 4. The number of amides is 1. The molecule has 2 rings (SSSR count). The fourth-order valence-electron chi connectivity index (χ4n) is 1.35. The molecule has 3 N–H and O–H groups in total. The van der Waals surface area contributed by atoms with Crippen LogP contribution in [0.2, 0.25) is 5.02 Å². The lowest BCUT2D eigenvalue weighted by molar-refractivity contribution is -0.112. The van der Waals surface area contributed by atoms with Crippen molar-refractivity contribution in [1.29, 1.82) is 0 Å². The molecule has 1 amide bonds. The maximum Gasteiger partial charge on any atom is 0.274 e. The molecule has 0 unspecified atom stereocenters. The number of carbonyl (C=O) groups excluding carboxylic acids is 1. The summed E-state index contributed by atoms with van der Waals surface area (Å²) in [4.78, 5) is 10.9. The van der Waals surface area contributed by atoms with Gasteiger partial charge in [-0.3, -0.25) is 4.79 Å². The van der Waals surface area contributed by atoms with Gasteiger partial charge in [-0.2, -0.15) is 0 Å². The van der Waals surface area contributed by atoms with E-state index < -0.39 is 5.91 Å². The normalized spacial score (nSPS) is 11.9. The average Bonchev–Trinajstić information content (AvgIpc) is 2.60. The first kappa shape index (κ1) is 10.5. The van der Waals surface area contributed by atoms with Gasteiger partial charge in [0.2, 0.25) is 5.71 Å². The third kappa shape index (κ3) is 1.72. The summed E-state index contributed by atoms with van der Waals surface area (Å²) in [7, 11) is 0. The second-order valence-corrected chi connectivity index (χ2v) is 3.54. The minimum Gasteiger partial charge on any atom is -0.454 e. The summed E-state index contributed by atoms with van der Waals surface area (Å²) in [5.41, 5.74) is 5.22. The highest BCUT2D eigenvalue weighted by atomic mass is 35.5. The predicted octanol–water partition coefficient (Wildman–Crippen LogP) is 1.75. The molecular weight excluding hydrogens is 232 g/mol. The van der Waals surface area contributed by atoms with E-state index in [0.717, 1.165) is 0 Å². The summed E-state index contributed by atoms with van der Waals surface area (Å²) in [6, 6.07) is 6.50. The Hall–Kier alpha value is -2.01. The molecule has 0 saturated carbocycles. The summed E-state index contributed by atoms with van der Waals surface area (Å²) < 4.78 is 5.29. The van der Waals surface area contributed by atoms with Crippen LogP contribution < -0.4 is 5.73 Å². The molecule has 6 heteroatoms. The van der Waals surface area contributed by atoms with Crippen molar-refractivity contribution in [3.63, 3.8) is 0 Å². The molecular formula is C10H7ClN2O3. The number of fused-ring (bicyclic) bond motifs is 1. The van der Waals surface area contributed by atoms with Crippen LogP contribution >= 0.6 is 11.6 Å². The SMILES string of the molecule is NC(=O)/C(=N/O)c1cc2cc(Cl)ccc2o1. The molecule has 0 aliphatic rings. The average molecular weight is 239 g/mol. The third-order valence-electron chi connectivity index (χ3n) is 2.05. The van der Waals surface area contributed by atoms with E-state index in [-0.39, 0.29) is 11.5 Å². The van der Waals surface area contributed by atoms with E-state index in [1.165, 1.54) is 6.07 Å². The first-order valence-corrected chi connectivity index (χ1v) is 4.71. The molecule has 5 nitrogen and oxygen atoms in total. The number of rotatable bonds is 2. The van der Waals surface area contributed by atoms with Gasteiger partial charge in [0.15, 0.2) is 5.76 Å². The number of furan rings is 1. The minimum atomic E-state index is -0.868. The molecule has 0 bridgehead atoms. The van der Waals surface area contributed by atoms with E-state index in [1.54, 1.807) is 18.2 Å². The molecule has 82 valence electrons. The molecule has 0 atom stereocenters. The Morgan fingerprint density at radius 1 is 1.44 bits per heavy atom. The van der Waals surface area contributed by atoms with Crippen LogP contribution in [0.15, 0.2) is 33.8 Å². The summed E-state index contributed by atoms with van der Waals surface area (Å²) in [5.74, 6) is -0.764. The zero-order chi connectivity index (χ0) is 11.7. The summed E-state index contributed by atoms with van der Waals surface area (Å²) >= 11 is 5.79. The first-order valence-electron chi connectivity index (χ1n) is 4.33. The Morgan fingerprint density at radius 3 is 2.81 bits per heavy atom. The van der Waals surface area contributed by atoms with Crippen molar-refractivity contribution >= 4 is 34.2 Å². The zero-order valence-electron chi connectivity index (χ0n) is 7.98. The lowest BCUT2D eigenvalue weighted by atomic mass is 10.2. The Morgan fingerprint density at radius 2 is 2.19 bits per heavy atom. The van der Waals surface area contributed by atoms with Crippen LogP contribution in [0.4, 0.5) is 0 Å². The van der Waals surface area contributed by atoms with Crippen LogP contribution in [0, 0.1) is 0 Å². The fraction of sp³-hybridized carbons (Fsp3) is 0. The highest BCUT2D eigenvalue weighted by Crippen LogP contribution is 2.23. The number of nitrogens with zero attached hydrogens (tertiary/aromatic N) is 1. The van der Waals surface area contributed by atoms with E-state index in [9.17, 15) is 4.79 Å². The van der Waals surface area contributed by atoms with Gasteiger partial charge in [0, 0.05) is 10.4 Å². The molecule has 0 spiro atoms. The van der Waals surface area contributed by atoms with Gasteiger partial charge in [0.05, 0.1) is 0 Å². The largest absolute Gasteiger partial charge is 0.454 e. The van der Waals surface area contributed by atoms with Gasteiger partial charge < -0.3 is 15.4 Å². The van der Waals surface area contributed by atoms with Crippen molar-refractivity contribution in [2.45, 2.75) is 0 Å². The first-order chi connectivity index (χ1) is 7.61. The van der Waals surface area contributed by atoms with Crippen LogP contribution in [0.3, 0.4) is 0 Å².